The minimum Gasteiger partial charge on any atom is -0.445 e. The Hall–Kier alpha value is -1.48. The summed E-state index contributed by atoms with van der Waals surface area (Å²) in [4.78, 5) is 12.6. The Labute approximate surface area is 400 Å². The summed E-state index contributed by atoms with van der Waals surface area (Å²) in [5.41, 5.74) is 0. The van der Waals surface area contributed by atoms with E-state index in [1.54, 1.807) is 7.11 Å². The number of hydrogen-bond acceptors (Lipinski definition) is 13. The predicted octanol–water partition coefficient (Wildman–Crippen LogP) is 13.9. The number of phosphoric acid groups is 1. The number of unbranched alkanes of at least 4 members (excludes halogenated alkanes) is 16. The van der Waals surface area contributed by atoms with Gasteiger partial charge in [0, 0.05) is 20.3 Å². The molecule has 0 aromatic carbocycles. The van der Waals surface area contributed by atoms with Gasteiger partial charge in [-0.1, -0.05) is 176 Å². The number of halogens is 3. The summed E-state index contributed by atoms with van der Waals surface area (Å²) >= 11 is 18.2. The first kappa shape index (κ1) is 60.5. The van der Waals surface area contributed by atoms with E-state index >= 15 is 0 Å². The number of phosphoric ester groups is 1. The third kappa shape index (κ3) is 28.6. The van der Waals surface area contributed by atoms with E-state index in [-0.39, 0.29) is 39.1 Å². The van der Waals surface area contributed by atoms with Crippen LogP contribution in [0.2, 0.25) is 0 Å². The van der Waals surface area contributed by atoms with Crippen LogP contribution in [0.15, 0.2) is 50.1 Å². The second kappa shape index (κ2) is 38.5. The number of allylic oxidation sites excluding steroid dienone is 2. The zero-order valence-electron chi connectivity index (χ0n) is 39.0. The van der Waals surface area contributed by atoms with E-state index < -0.39 is 61.0 Å². The van der Waals surface area contributed by atoms with Crippen LogP contribution in [0.5, 0.6) is 0 Å². The van der Waals surface area contributed by atoms with Crippen molar-refractivity contribution >= 4 is 54.7 Å². The average Bonchev–Trinajstić information content (AvgIpc) is 3.27. The van der Waals surface area contributed by atoms with Gasteiger partial charge in [-0.3, -0.25) is 19.0 Å². The van der Waals surface area contributed by atoms with Crippen molar-refractivity contribution in [2.24, 2.45) is 0 Å². The molecule has 1 N–H and O–H groups in total. The summed E-state index contributed by atoms with van der Waals surface area (Å²) in [5.74, 6) is -0.755. The van der Waals surface area contributed by atoms with Crippen LogP contribution in [0.4, 0.5) is 4.79 Å². The average molecular weight is 989 g/mol. The number of carbonyl (C=O) groups is 1. The molecule has 17 heteroatoms. The quantitative estimate of drug-likeness (QED) is 0.0118. The highest BCUT2D eigenvalue weighted by Gasteiger charge is 2.53. The smallest absolute Gasteiger partial charge is 0.445 e. The maximum atomic E-state index is 14.2. The molecular formula is C47H81Cl3NO12P. The molecule has 1 rings (SSSR count). The zero-order chi connectivity index (χ0) is 47.3. The van der Waals surface area contributed by atoms with Crippen LogP contribution in [0.3, 0.4) is 0 Å². The van der Waals surface area contributed by atoms with Gasteiger partial charge in [-0.2, -0.15) is 0 Å². The molecule has 372 valence electrons. The van der Waals surface area contributed by atoms with Crippen molar-refractivity contribution in [3.05, 3.63) is 50.1 Å². The molecule has 0 aliphatic carbocycles. The van der Waals surface area contributed by atoms with Crippen LogP contribution in [-0.4, -0.2) is 99.4 Å². The molecule has 0 radical (unpaired) electrons. The molecule has 0 bridgehead atoms. The van der Waals surface area contributed by atoms with E-state index in [4.69, 9.17) is 86.9 Å². The Kier molecular flexibility index (Phi) is 36.4. The second-order valence-electron chi connectivity index (χ2n) is 15.8. The van der Waals surface area contributed by atoms with Crippen molar-refractivity contribution in [3.8, 4) is 0 Å². The molecule has 0 amide bonds. The Morgan fingerprint density at radius 1 is 0.703 bits per heavy atom. The van der Waals surface area contributed by atoms with Crippen LogP contribution in [0.1, 0.15) is 149 Å². The number of nitrogens with one attached hydrogen (secondary N) is 1. The molecule has 1 aliphatic rings. The van der Waals surface area contributed by atoms with Gasteiger partial charge < -0.3 is 33.2 Å². The number of alkyl halides is 3. The van der Waals surface area contributed by atoms with Gasteiger partial charge in [-0.05, 0) is 44.9 Å². The summed E-state index contributed by atoms with van der Waals surface area (Å²) in [6, 6.07) is 0. The molecule has 64 heavy (non-hydrogen) atoms. The Morgan fingerprint density at radius 2 is 1.23 bits per heavy atom. The van der Waals surface area contributed by atoms with Crippen molar-refractivity contribution in [2.75, 3.05) is 46.8 Å². The van der Waals surface area contributed by atoms with Gasteiger partial charge in [0.25, 0.3) is 3.79 Å². The van der Waals surface area contributed by atoms with Crippen molar-refractivity contribution in [2.45, 2.75) is 189 Å². The molecule has 1 aliphatic heterocycles. The molecule has 1 saturated heterocycles. The molecule has 1 heterocycles. The highest BCUT2D eigenvalue weighted by molar-refractivity contribution is 7.48. The Morgan fingerprint density at radius 3 is 1.80 bits per heavy atom. The monoisotopic (exact) mass is 987 g/mol. The fourth-order valence-electron chi connectivity index (χ4n) is 6.90. The topological polar surface area (TPSA) is 150 Å². The van der Waals surface area contributed by atoms with Gasteiger partial charge in [0.1, 0.15) is 37.6 Å². The normalized spacial score (nSPS) is 19.6. The van der Waals surface area contributed by atoms with Crippen molar-refractivity contribution in [3.63, 3.8) is 0 Å². The Balaban J connectivity index is 3.31. The number of hydrogen-bond donors (Lipinski definition) is 1. The first-order valence-electron chi connectivity index (χ1n) is 23.5. The largest absolute Gasteiger partial charge is 0.508 e. The van der Waals surface area contributed by atoms with Gasteiger partial charge >= 0.3 is 14.0 Å². The molecule has 1 unspecified atom stereocenters. The van der Waals surface area contributed by atoms with E-state index in [9.17, 15) is 9.36 Å². The summed E-state index contributed by atoms with van der Waals surface area (Å²) in [6.45, 7) is 14.6. The van der Waals surface area contributed by atoms with Crippen molar-refractivity contribution in [1.29, 1.82) is 5.41 Å². The number of ether oxygens (including phenoxy) is 7. The van der Waals surface area contributed by atoms with Crippen LogP contribution >= 0.6 is 42.6 Å². The molecular weight excluding hydrogens is 908 g/mol. The van der Waals surface area contributed by atoms with Gasteiger partial charge in [-0.25, -0.2) is 9.36 Å². The third-order valence-electron chi connectivity index (χ3n) is 10.4. The van der Waals surface area contributed by atoms with E-state index in [2.05, 4.69) is 45.7 Å². The fraction of sp³-hybridized carbons (Fsp3) is 0.787. The van der Waals surface area contributed by atoms with Crippen LogP contribution in [-0.2, 0) is 51.3 Å². The van der Waals surface area contributed by atoms with Crippen LogP contribution in [0.25, 0.3) is 0 Å². The summed E-state index contributed by atoms with van der Waals surface area (Å²) in [5, 5.41) is 8.46. The minimum absolute atomic E-state index is 0.117. The lowest BCUT2D eigenvalue weighted by Crippen LogP contribution is -2.62. The van der Waals surface area contributed by atoms with Crippen LogP contribution < -0.4 is 0 Å². The highest BCUT2D eigenvalue weighted by Crippen LogP contribution is 2.53. The number of carbonyl (C=O) groups excluding carboxylic acids is 1. The molecule has 0 saturated carbocycles. The third-order valence-corrected chi connectivity index (χ3v) is 12.3. The molecule has 0 aromatic heterocycles. The first-order valence-corrected chi connectivity index (χ1v) is 26.1. The van der Waals surface area contributed by atoms with Crippen molar-refractivity contribution in [1.82, 2.24) is 0 Å². The molecule has 6 atom stereocenters. The van der Waals surface area contributed by atoms with Crippen LogP contribution in [0, 0.1) is 5.41 Å². The predicted molar refractivity (Wildman–Crippen MR) is 258 cm³/mol. The van der Waals surface area contributed by atoms with Gasteiger partial charge in [0.15, 0.2) is 0 Å². The van der Waals surface area contributed by atoms with E-state index in [0.29, 0.717) is 12.8 Å². The summed E-state index contributed by atoms with van der Waals surface area (Å²) in [7, 11) is -2.76. The molecule has 0 spiro atoms. The van der Waals surface area contributed by atoms with Gasteiger partial charge in [0.2, 0.25) is 12.2 Å². The minimum atomic E-state index is -4.42. The lowest BCUT2D eigenvalue weighted by atomic mass is 9.98. The van der Waals surface area contributed by atoms with Gasteiger partial charge in [0.05, 0.1) is 19.3 Å². The maximum Gasteiger partial charge on any atom is 0.508 e. The maximum absolute atomic E-state index is 14.2. The van der Waals surface area contributed by atoms with Gasteiger partial charge in [-0.15, -0.1) is 13.2 Å². The van der Waals surface area contributed by atoms with E-state index in [0.717, 1.165) is 64.2 Å². The first-order chi connectivity index (χ1) is 30.9. The van der Waals surface area contributed by atoms with Crippen molar-refractivity contribution < 1.29 is 56.1 Å². The molecule has 13 nitrogen and oxygen atoms in total. The fourth-order valence-corrected chi connectivity index (χ4v) is 8.36. The molecule has 0 aromatic rings. The SMILES string of the molecule is C=CCOC(=O)OC[C@H]1OC(OC(=N)C(Cl)(Cl)Cl)[C@H](OCCCCCCCCCC/C=C\CCCCCC)[C@@H](OCC[C@@H](CCCCCCC)OC)[C@@H]1OP(=O)(OCC=C)OCC=C. The second-order valence-corrected chi connectivity index (χ2v) is 19.7. The zero-order valence-corrected chi connectivity index (χ0v) is 42.2. The van der Waals surface area contributed by atoms with E-state index in [1.807, 2.05) is 0 Å². The summed E-state index contributed by atoms with van der Waals surface area (Å²) < 4.78 is 70.8. The molecule has 1 fully saturated rings. The lowest BCUT2D eigenvalue weighted by Gasteiger charge is -2.45. The number of methoxy groups -OCH3 is 1. The standard InChI is InChI=1S/C47H81Cl3NO12P/c1-7-12-14-16-17-18-19-20-21-22-23-24-25-26-28-30-36-55-43-42(56-37-32-39(54-6)31-29-27-15-13-8-2)41(63-64(53,59-34-10-4)60-35-11-5)40(38-58-46(52)57-33-9-3)61-44(43)62-45(51)47(48,49)50/h9-11,18-19,39-44,51H,3-5,7-8,12-17,20-38H2,1-2,6H3/b19-18-,51-45?/t39-,40-,41-,42+,43-,44?/m1/s1. The van der Waals surface area contributed by atoms with E-state index in [1.165, 1.54) is 76.0 Å². The highest BCUT2D eigenvalue weighted by atomic mass is 35.6. The Bertz CT molecular complexity index is 1310. The number of rotatable bonds is 41. The summed E-state index contributed by atoms with van der Waals surface area (Å²) in [6.07, 6.45) is 24.1. The lowest BCUT2D eigenvalue weighted by molar-refractivity contribution is -0.297.